The molecule has 0 radical (unpaired) electrons. The summed E-state index contributed by atoms with van der Waals surface area (Å²) in [6, 6.07) is 13.0. The predicted molar refractivity (Wildman–Crippen MR) is 105 cm³/mol. The molecule has 1 aromatic heterocycles. The fourth-order valence-corrected chi connectivity index (χ4v) is 3.76. The average molecular weight is 415 g/mol. The molecule has 142 valence electrons. The maximum atomic E-state index is 13.3. The molecule has 0 atom stereocenters. The van der Waals surface area contributed by atoms with E-state index in [4.69, 9.17) is 0 Å². The van der Waals surface area contributed by atoms with Crippen molar-refractivity contribution >= 4 is 21.6 Å². The molecule has 0 unspecified atom stereocenters. The van der Waals surface area contributed by atoms with Gasteiger partial charge in [0.2, 0.25) is 0 Å². The Morgan fingerprint density at radius 3 is 2.21 bits per heavy atom. The van der Waals surface area contributed by atoms with E-state index in [1.165, 1.54) is 53.1 Å². The van der Waals surface area contributed by atoms with Crippen LogP contribution in [0, 0.1) is 17.1 Å². The summed E-state index contributed by atoms with van der Waals surface area (Å²) >= 11 is 1.16. The van der Waals surface area contributed by atoms with Crippen LogP contribution in [0.1, 0.15) is 5.56 Å². The van der Waals surface area contributed by atoms with Crippen LogP contribution in [0.4, 0.5) is 4.39 Å². The lowest BCUT2D eigenvalue weighted by atomic mass is 10.2. The summed E-state index contributed by atoms with van der Waals surface area (Å²) in [5.41, 5.74) is 0.109. The van der Waals surface area contributed by atoms with Gasteiger partial charge in [0.1, 0.15) is 28.3 Å². The second-order valence-electron chi connectivity index (χ2n) is 5.85. The molecule has 0 aliphatic heterocycles. The van der Waals surface area contributed by atoms with E-state index in [1.54, 1.807) is 6.26 Å². The maximum Gasteiger partial charge on any atom is 0.277 e. The molecule has 0 aliphatic carbocycles. The Labute approximate surface area is 165 Å². The zero-order valence-electron chi connectivity index (χ0n) is 14.9. The second-order valence-corrected chi connectivity index (χ2v) is 8.66. The molecular weight excluding hydrogens is 401 g/mol. The molecule has 0 fully saturated rings. The second kappa shape index (κ2) is 7.58. The summed E-state index contributed by atoms with van der Waals surface area (Å²) in [6.07, 6.45) is 2.78. The highest BCUT2D eigenvalue weighted by Gasteiger charge is 2.19. The Hall–Kier alpha value is -2.96. The van der Waals surface area contributed by atoms with Gasteiger partial charge in [-0.3, -0.25) is 9.36 Å². The van der Waals surface area contributed by atoms with Gasteiger partial charge in [0.05, 0.1) is 10.6 Å². The molecule has 0 saturated heterocycles. The molecule has 0 spiro atoms. The summed E-state index contributed by atoms with van der Waals surface area (Å²) < 4.78 is 37.9. The number of nitriles is 1. The topological polar surface area (TPSA) is 92.8 Å². The molecule has 0 bridgehead atoms. The Kier molecular flexibility index (Phi) is 5.36. The van der Waals surface area contributed by atoms with Crippen LogP contribution >= 0.6 is 11.8 Å². The van der Waals surface area contributed by atoms with Gasteiger partial charge in [-0.1, -0.05) is 0 Å². The Balaban J connectivity index is 2.34. The van der Waals surface area contributed by atoms with E-state index < -0.39 is 21.2 Å². The Morgan fingerprint density at radius 1 is 1.11 bits per heavy atom. The summed E-state index contributed by atoms with van der Waals surface area (Å²) in [5, 5.41) is 9.66. The van der Waals surface area contributed by atoms with Crippen LogP contribution in [0.5, 0.6) is 0 Å². The highest BCUT2D eigenvalue weighted by molar-refractivity contribution is 7.98. The van der Waals surface area contributed by atoms with Gasteiger partial charge < -0.3 is 0 Å². The van der Waals surface area contributed by atoms with Crippen molar-refractivity contribution in [1.29, 1.82) is 5.26 Å². The predicted octanol–water partition coefficient (Wildman–Crippen LogP) is 3.04. The molecule has 6 nitrogen and oxygen atoms in total. The first kappa shape index (κ1) is 19.8. The number of aromatic nitrogens is 2. The Morgan fingerprint density at radius 2 is 1.71 bits per heavy atom. The lowest BCUT2D eigenvalue weighted by Crippen LogP contribution is -2.25. The normalized spacial score (nSPS) is 11.2. The summed E-state index contributed by atoms with van der Waals surface area (Å²) in [4.78, 5) is 17.5. The van der Waals surface area contributed by atoms with Crippen molar-refractivity contribution in [1.82, 2.24) is 9.55 Å². The van der Waals surface area contributed by atoms with E-state index in [0.29, 0.717) is 11.3 Å². The molecule has 2 aromatic carbocycles. The van der Waals surface area contributed by atoms with Gasteiger partial charge in [0.15, 0.2) is 9.84 Å². The molecule has 0 aliphatic rings. The largest absolute Gasteiger partial charge is 0.277 e. The van der Waals surface area contributed by atoms with Crippen LogP contribution in [-0.4, -0.2) is 30.5 Å². The van der Waals surface area contributed by atoms with Gasteiger partial charge in [0, 0.05) is 11.8 Å². The number of sulfone groups is 1. The highest BCUT2D eigenvalue weighted by Crippen LogP contribution is 2.25. The highest BCUT2D eigenvalue weighted by atomic mass is 32.2. The third-order valence-electron chi connectivity index (χ3n) is 3.98. The third-order valence-corrected chi connectivity index (χ3v) is 5.79. The first-order valence-corrected chi connectivity index (χ1v) is 11.1. The van der Waals surface area contributed by atoms with E-state index in [-0.39, 0.29) is 21.3 Å². The van der Waals surface area contributed by atoms with Crippen LogP contribution in [-0.2, 0) is 9.84 Å². The number of benzene rings is 2. The van der Waals surface area contributed by atoms with E-state index in [0.717, 1.165) is 18.0 Å². The number of rotatable bonds is 4. The summed E-state index contributed by atoms with van der Waals surface area (Å²) in [5.74, 6) is -0.214. The summed E-state index contributed by atoms with van der Waals surface area (Å²) in [7, 11) is -3.40. The van der Waals surface area contributed by atoms with Gasteiger partial charge in [-0.25, -0.2) is 17.8 Å². The first-order valence-electron chi connectivity index (χ1n) is 7.94. The molecule has 0 amide bonds. The molecule has 3 aromatic rings. The molecule has 0 saturated carbocycles. The quantitative estimate of drug-likeness (QED) is 0.480. The lowest BCUT2D eigenvalue weighted by Gasteiger charge is -2.15. The first-order chi connectivity index (χ1) is 13.3. The van der Waals surface area contributed by atoms with Crippen molar-refractivity contribution in [2.24, 2.45) is 0 Å². The van der Waals surface area contributed by atoms with E-state index in [9.17, 15) is 22.9 Å². The number of hydrogen-bond acceptors (Lipinski definition) is 6. The molecular formula is C19H14FN3O3S2. The number of halogens is 1. The molecule has 1 heterocycles. The molecule has 9 heteroatoms. The Bertz CT molecular complexity index is 1240. The van der Waals surface area contributed by atoms with Gasteiger partial charge in [-0.05, 0) is 54.8 Å². The zero-order valence-corrected chi connectivity index (χ0v) is 16.5. The minimum absolute atomic E-state index is 0.0989. The number of hydrogen-bond donors (Lipinski definition) is 0. The van der Waals surface area contributed by atoms with Crippen molar-refractivity contribution in [3.63, 3.8) is 0 Å². The molecule has 28 heavy (non-hydrogen) atoms. The average Bonchev–Trinajstić information content (AvgIpc) is 2.67. The fraction of sp³-hybridized carbons (Fsp3) is 0.105. The van der Waals surface area contributed by atoms with Crippen LogP contribution in [0.2, 0.25) is 0 Å². The van der Waals surface area contributed by atoms with Gasteiger partial charge >= 0.3 is 0 Å². The third kappa shape index (κ3) is 3.69. The van der Waals surface area contributed by atoms with Crippen LogP contribution in [0.25, 0.3) is 17.1 Å². The minimum atomic E-state index is -3.40. The summed E-state index contributed by atoms with van der Waals surface area (Å²) in [6.45, 7) is 0. The van der Waals surface area contributed by atoms with Crippen molar-refractivity contribution in [3.05, 3.63) is 70.3 Å². The molecule has 0 N–H and O–H groups in total. The molecule has 3 rings (SSSR count). The van der Waals surface area contributed by atoms with E-state index in [1.807, 2.05) is 6.07 Å². The smallest absolute Gasteiger partial charge is 0.267 e. The van der Waals surface area contributed by atoms with Gasteiger partial charge in [-0.15, -0.1) is 11.8 Å². The van der Waals surface area contributed by atoms with Crippen molar-refractivity contribution in [2.45, 2.75) is 9.92 Å². The van der Waals surface area contributed by atoms with E-state index in [2.05, 4.69) is 4.98 Å². The van der Waals surface area contributed by atoms with Crippen molar-refractivity contribution in [3.8, 4) is 23.1 Å². The number of thioether (sulfide) groups is 1. The van der Waals surface area contributed by atoms with Crippen LogP contribution in [0.15, 0.2) is 63.2 Å². The lowest BCUT2D eigenvalue weighted by molar-refractivity contribution is 0.602. The standard InChI is InChI=1S/C19H14FN3O3S2/c1-27-18-16(11-21)19(24)23(14-7-9-15(10-8-14)28(2,25)26)17(22-18)12-3-5-13(20)6-4-12/h3-10H,1-2H3. The van der Waals surface area contributed by atoms with Gasteiger partial charge in [-0.2, -0.15) is 5.26 Å². The van der Waals surface area contributed by atoms with Crippen LogP contribution in [0.3, 0.4) is 0 Å². The SMILES string of the molecule is CSc1nc(-c2ccc(F)cc2)n(-c2ccc(S(C)(=O)=O)cc2)c(=O)c1C#N. The number of nitrogens with zero attached hydrogens (tertiary/aromatic N) is 3. The van der Waals surface area contributed by atoms with Crippen LogP contribution < -0.4 is 5.56 Å². The fourth-order valence-electron chi connectivity index (χ4n) is 2.62. The maximum absolute atomic E-state index is 13.3. The zero-order chi connectivity index (χ0) is 20.5. The van der Waals surface area contributed by atoms with Gasteiger partial charge in [0.25, 0.3) is 5.56 Å². The van der Waals surface area contributed by atoms with E-state index >= 15 is 0 Å². The van der Waals surface area contributed by atoms with Crippen molar-refractivity contribution in [2.75, 3.05) is 12.5 Å². The van der Waals surface area contributed by atoms with Crippen molar-refractivity contribution < 1.29 is 12.8 Å². The minimum Gasteiger partial charge on any atom is -0.267 e. The monoisotopic (exact) mass is 415 g/mol.